The van der Waals surface area contributed by atoms with E-state index < -0.39 is 9.84 Å². The molecule has 0 N–H and O–H groups in total. The zero-order valence-corrected chi connectivity index (χ0v) is 14.8. The summed E-state index contributed by atoms with van der Waals surface area (Å²) in [5, 5.41) is 0. The van der Waals surface area contributed by atoms with Gasteiger partial charge in [-0.15, -0.1) is 0 Å². The summed E-state index contributed by atoms with van der Waals surface area (Å²) >= 11 is 0. The van der Waals surface area contributed by atoms with E-state index in [1.165, 1.54) is 6.07 Å². The van der Waals surface area contributed by atoms with Gasteiger partial charge >= 0.3 is 0 Å². The standard InChI is InChI=1S/C21H19FO2S/c1-2-16-6-5-7-17(14-16)15-25(23,24)19-12-10-18(11-13-19)20-8-3-4-9-21(20)22/h3-14H,2,15H2,1H3. The fourth-order valence-corrected chi connectivity index (χ4v) is 4.12. The SMILES string of the molecule is CCc1cccc(CS(=O)(=O)c2ccc(-c3ccccc3F)cc2)c1. The highest BCUT2D eigenvalue weighted by Crippen LogP contribution is 2.25. The normalized spacial score (nSPS) is 11.4. The molecule has 0 radical (unpaired) electrons. The van der Waals surface area contributed by atoms with Crippen LogP contribution in [0.3, 0.4) is 0 Å². The van der Waals surface area contributed by atoms with E-state index in [9.17, 15) is 12.8 Å². The van der Waals surface area contributed by atoms with Crippen LogP contribution in [0.2, 0.25) is 0 Å². The van der Waals surface area contributed by atoms with Crippen molar-refractivity contribution >= 4 is 9.84 Å². The van der Waals surface area contributed by atoms with Gasteiger partial charge in [-0.1, -0.05) is 61.5 Å². The van der Waals surface area contributed by atoms with Crippen molar-refractivity contribution in [1.29, 1.82) is 0 Å². The van der Waals surface area contributed by atoms with E-state index in [1.54, 1.807) is 42.5 Å². The van der Waals surface area contributed by atoms with Crippen molar-refractivity contribution in [3.8, 4) is 11.1 Å². The third-order valence-electron chi connectivity index (χ3n) is 4.15. The van der Waals surface area contributed by atoms with Gasteiger partial charge in [-0.05, 0) is 41.3 Å². The molecule has 0 saturated carbocycles. The van der Waals surface area contributed by atoms with Crippen molar-refractivity contribution in [1.82, 2.24) is 0 Å². The van der Waals surface area contributed by atoms with E-state index in [0.717, 1.165) is 17.5 Å². The molecule has 0 aliphatic heterocycles. The largest absolute Gasteiger partial charge is 0.223 e. The molecule has 3 aromatic carbocycles. The summed E-state index contributed by atoms with van der Waals surface area (Å²) in [5.41, 5.74) is 3.01. The Morgan fingerprint density at radius 2 is 1.52 bits per heavy atom. The van der Waals surface area contributed by atoms with E-state index in [-0.39, 0.29) is 16.5 Å². The molecule has 0 aromatic heterocycles. The summed E-state index contributed by atoms with van der Waals surface area (Å²) in [4.78, 5) is 0.245. The summed E-state index contributed by atoms with van der Waals surface area (Å²) in [5.74, 6) is -0.366. The first-order valence-electron chi connectivity index (χ1n) is 8.15. The van der Waals surface area contributed by atoms with Crippen LogP contribution in [-0.4, -0.2) is 8.42 Å². The highest BCUT2D eigenvalue weighted by molar-refractivity contribution is 7.90. The molecule has 3 aromatic rings. The lowest BCUT2D eigenvalue weighted by molar-refractivity contribution is 0.595. The summed E-state index contributed by atoms with van der Waals surface area (Å²) in [7, 11) is -3.44. The maximum atomic E-state index is 13.9. The molecule has 0 fully saturated rings. The van der Waals surface area contributed by atoms with Gasteiger partial charge < -0.3 is 0 Å². The highest BCUT2D eigenvalue weighted by atomic mass is 32.2. The maximum absolute atomic E-state index is 13.9. The quantitative estimate of drug-likeness (QED) is 0.644. The van der Waals surface area contributed by atoms with Gasteiger partial charge in [0.2, 0.25) is 0 Å². The van der Waals surface area contributed by atoms with E-state index in [4.69, 9.17) is 0 Å². The topological polar surface area (TPSA) is 34.1 Å². The summed E-state index contributed by atoms with van der Waals surface area (Å²) in [6.07, 6.45) is 0.866. The Bertz CT molecular complexity index is 977. The van der Waals surface area contributed by atoms with Crippen molar-refractivity contribution in [2.24, 2.45) is 0 Å². The lowest BCUT2D eigenvalue weighted by Gasteiger charge is -2.08. The Morgan fingerprint density at radius 1 is 0.840 bits per heavy atom. The smallest absolute Gasteiger partial charge is 0.182 e. The minimum Gasteiger partial charge on any atom is -0.223 e. The maximum Gasteiger partial charge on any atom is 0.182 e. The first kappa shape index (κ1) is 17.4. The monoisotopic (exact) mass is 354 g/mol. The number of sulfone groups is 1. The second-order valence-corrected chi connectivity index (χ2v) is 7.93. The van der Waals surface area contributed by atoms with Crippen LogP contribution in [0.25, 0.3) is 11.1 Å². The predicted octanol–water partition coefficient (Wildman–Crippen LogP) is 5.03. The lowest BCUT2D eigenvalue weighted by atomic mass is 10.1. The van der Waals surface area contributed by atoms with Gasteiger partial charge in [0.1, 0.15) is 5.82 Å². The van der Waals surface area contributed by atoms with Gasteiger partial charge in [0, 0.05) is 5.56 Å². The number of hydrogen-bond acceptors (Lipinski definition) is 2. The van der Waals surface area contributed by atoms with Gasteiger partial charge in [-0.3, -0.25) is 0 Å². The second kappa shape index (κ2) is 7.19. The molecular weight excluding hydrogens is 335 g/mol. The van der Waals surface area contributed by atoms with Gasteiger partial charge in [0.15, 0.2) is 9.84 Å². The molecule has 3 rings (SSSR count). The molecule has 2 nitrogen and oxygen atoms in total. The average molecular weight is 354 g/mol. The van der Waals surface area contributed by atoms with Crippen LogP contribution >= 0.6 is 0 Å². The molecule has 0 aliphatic rings. The number of halogens is 1. The lowest BCUT2D eigenvalue weighted by Crippen LogP contribution is -2.05. The van der Waals surface area contributed by atoms with Crippen molar-refractivity contribution in [3.05, 3.63) is 89.7 Å². The minimum absolute atomic E-state index is 0.0418. The summed E-state index contributed by atoms with van der Waals surface area (Å²) < 4.78 is 39.1. The molecule has 0 amide bonds. The molecule has 0 atom stereocenters. The molecule has 25 heavy (non-hydrogen) atoms. The molecule has 0 aliphatic carbocycles. The third-order valence-corrected chi connectivity index (χ3v) is 5.86. The zero-order chi connectivity index (χ0) is 17.9. The van der Waals surface area contributed by atoms with Crippen molar-refractivity contribution in [2.75, 3.05) is 0 Å². The van der Waals surface area contributed by atoms with Crippen LogP contribution < -0.4 is 0 Å². The Balaban J connectivity index is 1.87. The molecule has 0 saturated heterocycles. The van der Waals surface area contributed by atoms with Gasteiger partial charge in [0.25, 0.3) is 0 Å². The molecule has 4 heteroatoms. The van der Waals surface area contributed by atoms with Crippen molar-refractivity contribution in [2.45, 2.75) is 24.0 Å². The number of benzene rings is 3. The summed E-state index contributed by atoms with van der Waals surface area (Å²) in [6, 6.07) is 20.4. The van der Waals surface area contributed by atoms with Crippen LogP contribution in [0.4, 0.5) is 4.39 Å². The molecule has 0 heterocycles. The Kier molecular flexibility index (Phi) is 5.00. The van der Waals surface area contributed by atoms with Crippen LogP contribution in [0.5, 0.6) is 0 Å². The second-order valence-electron chi connectivity index (χ2n) is 5.94. The van der Waals surface area contributed by atoms with Crippen LogP contribution in [0.1, 0.15) is 18.1 Å². The minimum atomic E-state index is -3.44. The number of rotatable bonds is 5. The van der Waals surface area contributed by atoms with Crippen molar-refractivity contribution in [3.63, 3.8) is 0 Å². The molecule has 0 bridgehead atoms. The van der Waals surface area contributed by atoms with Crippen LogP contribution in [0, 0.1) is 5.82 Å². The fraction of sp³-hybridized carbons (Fsp3) is 0.143. The third kappa shape index (κ3) is 3.97. The Hall–Kier alpha value is -2.46. The molecule has 0 spiro atoms. The van der Waals surface area contributed by atoms with Crippen molar-refractivity contribution < 1.29 is 12.8 Å². The van der Waals surface area contributed by atoms with E-state index in [0.29, 0.717) is 11.1 Å². The highest BCUT2D eigenvalue weighted by Gasteiger charge is 2.16. The first-order valence-corrected chi connectivity index (χ1v) is 9.80. The van der Waals surface area contributed by atoms with E-state index >= 15 is 0 Å². The molecular formula is C21H19FO2S. The van der Waals surface area contributed by atoms with Gasteiger partial charge in [-0.25, -0.2) is 12.8 Å². The summed E-state index contributed by atoms with van der Waals surface area (Å²) in [6.45, 7) is 2.04. The van der Waals surface area contributed by atoms with Gasteiger partial charge in [-0.2, -0.15) is 0 Å². The Labute approximate surface area is 147 Å². The zero-order valence-electron chi connectivity index (χ0n) is 13.9. The van der Waals surface area contributed by atoms with Crippen LogP contribution in [-0.2, 0) is 22.0 Å². The first-order chi connectivity index (χ1) is 12.0. The predicted molar refractivity (Wildman–Crippen MR) is 98.5 cm³/mol. The number of hydrogen-bond donors (Lipinski definition) is 0. The van der Waals surface area contributed by atoms with E-state index in [1.807, 2.05) is 31.2 Å². The van der Waals surface area contributed by atoms with Gasteiger partial charge in [0.05, 0.1) is 10.6 Å². The average Bonchev–Trinajstić information content (AvgIpc) is 2.62. The van der Waals surface area contributed by atoms with E-state index in [2.05, 4.69) is 0 Å². The fourth-order valence-electron chi connectivity index (χ4n) is 2.78. The molecule has 0 unspecified atom stereocenters. The van der Waals surface area contributed by atoms with Crippen LogP contribution in [0.15, 0.2) is 77.7 Å². The Morgan fingerprint density at radius 3 is 2.20 bits per heavy atom. The number of aryl methyl sites for hydroxylation is 1. The molecule has 128 valence electrons.